The third-order valence-electron chi connectivity index (χ3n) is 13.9. The molecule has 0 spiro atoms. The molecule has 0 fully saturated rings. The first-order valence-electron chi connectivity index (χ1n) is 23.5. The van der Waals surface area contributed by atoms with Crippen LogP contribution in [0.25, 0.3) is 38.6 Å². The first kappa shape index (κ1) is 39.7. The summed E-state index contributed by atoms with van der Waals surface area (Å²) in [5.41, 5.74) is 18.2. The molecule has 2 heterocycles. The number of nitrogens with zero attached hydrogens (tertiary/aromatic N) is 4. The lowest BCUT2D eigenvalue weighted by Crippen LogP contribution is -2.28. The Bertz CT molecular complexity index is 3310. The minimum atomic E-state index is 0.249. The van der Waals surface area contributed by atoms with E-state index < -0.39 is 0 Å². The second kappa shape index (κ2) is 16.6. The fourth-order valence-corrected chi connectivity index (χ4v) is 10.6. The highest BCUT2D eigenvalue weighted by atomic mass is 15.2. The summed E-state index contributed by atoms with van der Waals surface area (Å²) in [6, 6.07) is 61.0. The third-order valence-corrected chi connectivity index (χ3v) is 13.9. The van der Waals surface area contributed by atoms with Crippen LogP contribution in [0.5, 0.6) is 0 Å². The van der Waals surface area contributed by atoms with Crippen LogP contribution in [0.15, 0.2) is 230 Å². The zero-order valence-corrected chi connectivity index (χ0v) is 37.5. The van der Waals surface area contributed by atoms with Gasteiger partial charge in [0.1, 0.15) is 0 Å². The van der Waals surface area contributed by atoms with Gasteiger partial charge in [0.15, 0.2) is 0 Å². The first-order chi connectivity index (χ1) is 32.6. The maximum Gasteiger partial charge on any atom is 0.0629 e. The number of fused-ring (bicyclic) bond motifs is 6. The highest BCUT2D eigenvalue weighted by Crippen LogP contribution is 2.50. The summed E-state index contributed by atoms with van der Waals surface area (Å²) in [4.78, 5) is 7.33. The van der Waals surface area contributed by atoms with Crippen LogP contribution in [-0.4, -0.2) is 10.6 Å². The van der Waals surface area contributed by atoms with E-state index in [0.717, 1.165) is 42.0 Å². The van der Waals surface area contributed by atoms with Crippen molar-refractivity contribution in [1.82, 2.24) is 4.57 Å². The lowest BCUT2D eigenvalue weighted by atomic mass is 9.91. The Kier molecular flexibility index (Phi) is 10.0. The van der Waals surface area contributed by atoms with Crippen molar-refractivity contribution in [2.45, 2.75) is 45.1 Å². The minimum Gasteiger partial charge on any atom is -0.333 e. The fourth-order valence-electron chi connectivity index (χ4n) is 10.6. The maximum absolute atomic E-state index is 2.50. The molecule has 0 bridgehead atoms. The topological polar surface area (TPSA) is 14.7 Å². The number of para-hydroxylation sites is 2. The SMILES string of the molecule is Cc1ccc(N(c2ccc(-c3ccc(N(C4=CCC(C)C=C4)c4ccc5c(c4)C4C=CC=CC4N5c4ccccc4)cc3)cc2)c2ccc3c(c2)c2ccccc2n3C2=CC=CCC2)cc1. The minimum absolute atomic E-state index is 0.249. The molecule has 0 saturated heterocycles. The number of rotatable bonds is 9. The number of hydrogen-bond acceptors (Lipinski definition) is 3. The largest absolute Gasteiger partial charge is 0.333 e. The molecule has 0 amide bonds. The molecule has 1 aliphatic heterocycles. The van der Waals surface area contributed by atoms with Gasteiger partial charge in [0.25, 0.3) is 0 Å². The number of benzene rings is 7. The molecule has 3 aliphatic carbocycles. The Balaban J connectivity index is 0.886. The van der Waals surface area contributed by atoms with E-state index in [9.17, 15) is 0 Å². The van der Waals surface area contributed by atoms with E-state index in [-0.39, 0.29) is 12.0 Å². The van der Waals surface area contributed by atoms with E-state index in [1.165, 1.54) is 72.5 Å². The summed E-state index contributed by atoms with van der Waals surface area (Å²) in [6.45, 7) is 4.44. The van der Waals surface area contributed by atoms with Crippen LogP contribution in [0.3, 0.4) is 0 Å². The standard InChI is InChI=1S/C62H52N4/c1-43-21-29-49(30-22-43)63(53-37-39-61-57(41-53)55-17-9-11-19-59(55)65(61)47-13-5-3-6-14-47)51-33-25-45(26-34-51)46-27-35-52(36-28-46)64(50-31-23-44(2)24-32-50)54-38-40-62-58(42-54)56-18-10-12-20-60(56)66(62)48-15-7-4-8-16-48/h3-7,9-15,17-21,23-43,55,59H,8,16,22H2,1-2H3. The Morgan fingerprint density at radius 2 is 1.21 bits per heavy atom. The summed E-state index contributed by atoms with van der Waals surface area (Å²) in [7, 11) is 0. The Labute approximate surface area is 388 Å². The van der Waals surface area contributed by atoms with Gasteiger partial charge in [-0.05, 0) is 152 Å². The van der Waals surface area contributed by atoms with Crippen LogP contribution in [0.4, 0.5) is 39.8 Å². The van der Waals surface area contributed by atoms with Gasteiger partial charge >= 0.3 is 0 Å². The van der Waals surface area contributed by atoms with E-state index >= 15 is 0 Å². The quantitative estimate of drug-likeness (QED) is 0.144. The van der Waals surface area contributed by atoms with E-state index in [2.05, 4.69) is 258 Å². The zero-order valence-electron chi connectivity index (χ0n) is 37.5. The number of hydrogen-bond donors (Lipinski definition) is 0. The van der Waals surface area contributed by atoms with Gasteiger partial charge in [0.2, 0.25) is 0 Å². The van der Waals surface area contributed by atoms with Gasteiger partial charge in [-0.3, -0.25) is 0 Å². The Morgan fingerprint density at radius 3 is 1.94 bits per heavy atom. The van der Waals surface area contributed by atoms with Gasteiger partial charge in [0, 0.05) is 67.9 Å². The summed E-state index contributed by atoms with van der Waals surface area (Å²) in [5, 5.41) is 2.53. The van der Waals surface area contributed by atoms with Crippen molar-refractivity contribution in [1.29, 1.82) is 0 Å². The van der Waals surface area contributed by atoms with Crippen LogP contribution in [0.2, 0.25) is 0 Å². The van der Waals surface area contributed by atoms with Crippen molar-refractivity contribution in [2.24, 2.45) is 5.92 Å². The van der Waals surface area contributed by atoms with Gasteiger partial charge in [-0.2, -0.15) is 0 Å². The summed E-state index contributed by atoms with van der Waals surface area (Å²) in [5.74, 6) is 0.802. The van der Waals surface area contributed by atoms with Crippen LogP contribution >= 0.6 is 0 Å². The van der Waals surface area contributed by atoms with Crippen molar-refractivity contribution in [3.8, 4) is 11.1 Å². The molecule has 3 unspecified atom stereocenters. The van der Waals surface area contributed by atoms with E-state index in [1.807, 2.05) is 0 Å². The molecule has 66 heavy (non-hydrogen) atoms. The molecule has 3 atom stereocenters. The second-order valence-corrected chi connectivity index (χ2v) is 18.2. The normalized spacial score (nSPS) is 18.3. The Morgan fingerprint density at radius 1 is 0.561 bits per heavy atom. The molecule has 0 saturated carbocycles. The first-order valence-corrected chi connectivity index (χ1v) is 23.5. The average Bonchev–Trinajstić information content (AvgIpc) is 3.89. The lowest BCUT2D eigenvalue weighted by molar-refractivity contribution is 0.728. The molecule has 4 nitrogen and oxygen atoms in total. The third kappa shape index (κ3) is 7.01. The number of anilines is 7. The zero-order chi connectivity index (χ0) is 44.1. The van der Waals surface area contributed by atoms with E-state index in [0.29, 0.717) is 5.92 Å². The molecule has 7 aromatic carbocycles. The van der Waals surface area contributed by atoms with Crippen molar-refractivity contribution in [3.05, 3.63) is 241 Å². The van der Waals surface area contributed by atoms with Crippen LogP contribution in [0, 0.1) is 12.8 Å². The summed E-state index contributed by atoms with van der Waals surface area (Å²) < 4.78 is 2.46. The Hall–Kier alpha value is -7.82. The molecular weight excluding hydrogens is 801 g/mol. The molecule has 4 heteroatoms. The monoisotopic (exact) mass is 852 g/mol. The number of aromatic nitrogens is 1. The predicted molar refractivity (Wildman–Crippen MR) is 280 cm³/mol. The molecular formula is C62H52N4. The smallest absolute Gasteiger partial charge is 0.0629 e. The highest BCUT2D eigenvalue weighted by molar-refractivity contribution is 6.11. The molecule has 0 radical (unpaired) electrons. The predicted octanol–water partition coefficient (Wildman–Crippen LogP) is 16.8. The molecule has 1 aromatic heterocycles. The van der Waals surface area contributed by atoms with Gasteiger partial charge in [-0.1, -0.05) is 134 Å². The summed E-state index contributed by atoms with van der Waals surface area (Å²) >= 11 is 0. The molecule has 4 aliphatic rings. The van der Waals surface area contributed by atoms with Crippen LogP contribution in [-0.2, 0) is 0 Å². The van der Waals surface area contributed by atoms with Gasteiger partial charge in [-0.15, -0.1) is 0 Å². The van der Waals surface area contributed by atoms with Crippen molar-refractivity contribution >= 4 is 67.3 Å². The van der Waals surface area contributed by atoms with Crippen LogP contribution < -0.4 is 14.7 Å². The number of aryl methyl sites for hydroxylation is 1. The van der Waals surface area contributed by atoms with Crippen LogP contribution in [0.1, 0.15) is 43.2 Å². The number of allylic oxidation sites excluding steroid dienone is 9. The lowest BCUT2D eigenvalue weighted by Gasteiger charge is -2.29. The van der Waals surface area contributed by atoms with Crippen molar-refractivity contribution in [2.75, 3.05) is 14.7 Å². The molecule has 12 rings (SSSR count). The van der Waals surface area contributed by atoms with E-state index in [1.54, 1.807) is 0 Å². The average molecular weight is 853 g/mol. The van der Waals surface area contributed by atoms with Gasteiger partial charge < -0.3 is 19.3 Å². The molecule has 320 valence electrons. The van der Waals surface area contributed by atoms with E-state index in [4.69, 9.17) is 0 Å². The molecule has 0 N–H and O–H groups in total. The van der Waals surface area contributed by atoms with Gasteiger partial charge in [0.05, 0.1) is 17.1 Å². The molecule has 8 aromatic rings. The fraction of sp³-hybridized carbons (Fsp3) is 0.129. The van der Waals surface area contributed by atoms with Gasteiger partial charge in [-0.25, -0.2) is 0 Å². The summed E-state index contributed by atoms with van der Waals surface area (Å²) in [6.07, 6.45) is 26.0. The van der Waals surface area contributed by atoms with Crippen molar-refractivity contribution < 1.29 is 0 Å². The second-order valence-electron chi connectivity index (χ2n) is 18.2. The highest BCUT2D eigenvalue weighted by Gasteiger charge is 2.38. The van der Waals surface area contributed by atoms with Crippen molar-refractivity contribution in [3.63, 3.8) is 0 Å². The maximum atomic E-state index is 2.50.